The van der Waals surface area contributed by atoms with Crippen LogP contribution in [0.5, 0.6) is 0 Å². The Kier molecular flexibility index (Phi) is 4.19. The molecule has 1 amide bonds. The Morgan fingerprint density at radius 2 is 2.19 bits per heavy atom. The molecule has 1 aromatic carbocycles. The van der Waals surface area contributed by atoms with Gasteiger partial charge in [0.15, 0.2) is 0 Å². The van der Waals surface area contributed by atoms with E-state index in [1.54, 1.807) is 18.2 Å². The van der Waals surface area contributed by atoms with Crippen molar-refractivity contribution in [3.8, 4) is 11.8 Å². The molecule has 1 heterocycles. The molecule has 0 saturated carbocycles. The van der Waals surface area contributed by atoms with Gasteiger partial charge in [-0.3, -0.25) is 4.79 Å². The Balaban J connectivity index is 2.24. The minimum atomic E-state index is -1.35. The summed E-state index contributed by atoms with van der Waals surface area (Å²) in [5, 5.41) is 16.2. The first-order valence-electron chi connectivity index (χ1n) is 6.58. The third kappa shape index (κ3) is 3.76. The molecule has 1 N–H and O–H groups in total. The predicted molar refractivity (Wildman–Crippen MR) is 81.8 cm³/mol. The summed E-state index contributed by atoms with van der Waals surface area (Å²) in [5.41, 5.74) is 1.48. The van der Waals surface area contributed by atoms with E-state index < -0.39 is 8.07 Å². The number of nitriles is 1. The number of hydrogen-bond donors (Lipinski definition) is 1. The van der Waals surface area contributed by atoms with Crippen LogP contribution in [0, 0.1) is 11.3 Å². The second-order valence-corrected chi connectivity index (χ2v) is 11.4. The lowest BCUT2D eigenvalue weighted by atomic mass is 10.1. The summed E-state index contributed by atoms with van der Waals surface area (Å²) in [4.78, 5) is 16.0. The normalized spacial score (nSPS) is 11.0. The largest absolute Gasteiger partial charge is 0.355 e. The van der Waals surface area contributed by atoms with E-state index in [0.717, 1.165) is 0 Å². The van der Waals surface area contributed by atoms with Gasteiger partial charge in [-0.05, 0) is 18.2 Å². The van der Waals surface area contributed by atoms with E-state index in [9.17, 15) is 10.1 Å². The summed E-state index contributed by atoms with van der Waals surface area (Å²) >= 11 is 0. The van der Waals surface area contributed by atoms with E-state index in [1.807, 2.05) is 0 Å². The maximum absolute atomic E-state index is 12.1. The number of benzene rings is 1. The lowest BCUT2D eigenvalue weighted by Gasteiger charge is -2.16. The maximum atomic E-state index is 12.1. The van der Waals surface area contributed by atoms with Crippen molar-refractivity contribution in [2.45, 2.75) is 19.6 Å². The third-order valence-corrected chi connectivity index (χ3v) is 4.06. The van der Waals surface area contributed by atoms with Gasteiger partial charge in [-0.15, -0.1) is 0 Å². The maximum Gasteiger partial charge on any atom is 0.251 e. The van der Waals surface area contributed by atoms with Gasteiger partial charge in [-0.25, -0.2) is 9.67 Å². The molecule has 21 heavy (non-hydrogen) atoms. The summed E-state index contributed by atoms with van der Waals surface area (Å²) in [5.74, 6) is -0.154. The Morgan fingerprint density at radius 1 is 1.43 bits per heavy atom. The van der Waals surface area contributed by atoms with Crippen molar-refractivity contribution in [3.05, 3.63) is 42.0 Å². The van der Waals surface area contributed by atoms with Crippen molar-refractivity contribution in [1.29, 1.82) is 5.26 Å². The standard InChI is InChI=1S/C14H17N5OSi/c1-21(2,3)10-17-14(20)11-4-5-13(12(6-11)7-15)19-9-16-8-18-19/h4-6,8-9H,10H2,1-3H3,(H,17,20). The first-order chi connectivity index (χ1) is 9.90. The molecule has 0 saturated heterocycles. The van der Waals surface area contributed by atoms with Crippen LogP contribution in [0.25, 0.3) is 5.69 Å². The van der Waals surface area contributed by atoms with Gasteiger partial charge in [0.25, 0.3) is 5.91 Å². The second kappa shape index (κ2) is 5.89. The lowest BCUT2D eigenvalue weighted by molar-refractivity contribution is 0.0959. The number of hydrogen-bond acceptors (Lipinski definition) is 4. The molecule has 0 spiro atoms. The minimum absolute atomic E-state index is 0.154. The van der Waals surface area contributed by atoms with E-state index in [2.05, 4.69) is 41.1 Å². The van der Waals surface area contributed by atoms with Crippen LogP contribution in [-0.2, 0) is 0 Å². The molecule has 0 aliphatic rings. The summed E-state index contributed by atoms with van der Waals surface area (Å²) in [7, 11) is -1.35. The third-order valence-electron chi connectivity index (χ3n) is 2.82. The van der Waals surface area contributed by atoms with E-state index in [0.29, 0.717) is 23.0 Å². The van der Waals surface area contributed by atoms with Crippen LogP contribution in [0.4, 0.5) is 0 Å². The Bertz CT molecular complexity index is 682. The monoisotopic (exact) mass is 299 g/mol. The van der Waals surface area contributed by atoms with Gasteiger partial charge in [0.1, 0.15) is 18.7 Å². The molecular weight excluding hydrogens is 282 g/mol. The highest BCUT2D eigenvalue weighted by Crippen LogP contribution is 2.15. The van der Waals surface area contributed by atoms with Crippen molar-refractivity contribution in [2.24, 2.45) is 0 Å². The van der Waals surface area contributed by atoms with Crippen LogP contribution in [0.1, 0.15) is 15.9 Å². The number of carbonyl (C=O) groups excluding carboxylic acids is 1. The number of rotatable bonds is 4. The smallest absolute Gasteiger partial charge is 0.251 e. The summed E-state index contributed by atoms with van der Waals surface area (Å²) in [6.07, 6.45) is 3.62. The molecule has 7 heteroatoms. The summed E-state index contributed by atoms with van der Waals surface area (Å²) < 4.78 is 1.50. The molecule has 0 fully saturated rings. The molecule has 0 bridgehead atoms. The highest BCUT2D eigenvalue weighted by atomic mass is 28.3. The molecule has 6 nitrogen and oxygen atoms in total. The van der Waals surface area contributed by atoms with Crippen molar-refractivity contribution < 1.29 is 4.79 Å². The molecule has 0 radical (unpaired) electrons. The van der Waals surface area contributed by atoms with Gasteiger partial charge in [0.2, 0.25) is 0 Å². The van der Waals surface area contributed by atoms with Crippen LogP contribution in [-0.4, -0.2) is 34.9 Å². The SMILES string of the molecule is C[Si](C)(C)CNC(=O)c1ccc(-n2cncn2)c(C#N)c1. The molecule has 1 aromatic heterocycles. The van der Waals surface area contributed by atoms with Gasteiger partial charge < -0.3 is 5.32 Å². The Hall–Kier alpha value is -2.46. The van der Waals surface area contributed by atoms with Gasteiger partial charge in [-0.2, -0.15) is 10.4 Å². The molecule has 2 rings (SSSR count). The van der Waals surface area contributed by atoms with E-state index in [4.69, 9.17) is 0 Å². The van der Waals surface area contributed by atoms with E-state index in [1.165, 1.54) is 17.3 Å². The topological polar surface area (TPSA) is 83.6 Å². The number of carbonyl (C=O) groups is 1. The zero-order valence-corrected chi connectivity index (χ0v) is 13.3. The Morgan fingerprint density at radius 3 is 2.76 bits per heavy atom. The van der Waals surface area contributed by atoms with Crippen LogP contribution in [0.3, 0.4) is 0 Å². The van der Waals surface area contributed by atoms with Crippen molar-refractivity contribution in [2.75, 3.05) is 6.17 Å². The number of aromatic nitrogens is 3. The first kappa shape index (κ1) is 14.9. The zero-order chi connectivity index (χ0) is 15.5. The van der Waals surface area contributed by atoms with Crippen LogP contribution in [0.2, 0.25) is 19.6 Å². The van der Waals surface area contributed by atoms with E-state index in [-0.39, 0.29) is 5.91 Å². The van der Waals surface area contributed by atoms with Gasteiger partial charge in [-0.1, -0.05) is 19.6 Å². The average Bonchev–Trinajstić information content (AvgIpc) is 2.97. The fourth-order valence-corrected chi connectivity index (χ4v) is 2.44. The fourth-order valence-electron chi connectivity index (χ4n) is 1.75. The molecule has 0 aliphatic heterocycles. The van der Waals surface area contributed by atoms with Crippen molar-refractivity contribution in [3.63, 3.8) is 0 Å². The quantitative estimate of drug-likeness (QED) is 0.872. The average molecular weight is 299 g/mol. The zero-order valence-electron chi connectivity index (χ0n) is 12.3. The van der Waals surface area contributed by atoms with E-state index >= 15 is 0 Å². The minimum Gasteiger partial charge on any atom is -0.355 e. The van der Waals surface area contributed by atoms with Gasteiger partial charge >= 0.3 is 0 Å². The molecule has 0 atom stereocenters. The molecule has 0 unspecified atom stereocenters. The molecule has 0 aliphatic carbocycles. The van der Waals surface area contributed by atoms with Crippen molar-refractivity contribution in [1.82, 2.24) is 20.1 Å². The van der Waals surface area contributed by atoms with Crippen molar-refractivity contribution >= 4 is 14.0 Å². The van der Waals surface area contributed by atoms with Crippen LogP contribution in [0.15, 0.2) is 30.9 Å². The first-order valence-corrected chi connectivity index (χ1v) is 10.3. The number of amides is 1. The lowest BCUT2D eigenvalue weighted by Crippen LogP contribution is -2.39. The van der Waals surface area contributed by atoms with Crippen LogP contribution >= 0.6 is 0 Å². The molecule has 2 aromatic rings. The van der Waals surface area contributed by atoms with Crippen LogP contribution < -0.4 is 5.32 Å². The fraction of sp³-hybridized carbons (Fsp3) is 0.286. The highest BCUT2D eigenvalue weighted by molar-refractivity contribution is 6.76. The molecule has 108 valence electrons. The highest BCUT2D eigenvalue weighted by Gasteiger charge is 2.16. The van der Waals surface area contributed by atoms with Gasteiger partial charge in [0, 0.05) is 11.7 Å². The summed E-state index contributed by atoms with van der Waals surface area (Å²) in [6, 6.07) is 7.07. The number of nitrogens with zero attached hydrogens (tertiary/aromatic N) is 4. The van der Waals surface area contributed by atoms with Gasteiger partial charge in [0.05, 0.1) is 19.3 Å². The summed E-state index contributed by atoms with van der Waals surface area (Å²) in [6.45, 7) is 6.55. The Labute approximate surface area is 124 Å². The molecular formula is C14H17N5OSi. The second-order valence-electron chi connectivity index (χ2n) is 5.93. The predicted octanol–water partition coefficient (Wildman–Crippen LogP) is 1.75. The number of nitrogens with one attached hydrogen (secondary N) is 1.